The minimum Gasteiger partial charge on any atom is -0.489 e. The van der Waals surface area contributed by atoms with Crippen LogP contribution in [-0.2, 0) is 22.7 Å². The molecule has 0 saturated carbocycles. The molecule has 7 heteroatoms. The van der Waals surface area contributed by atoms with E-state index >= 15 is 0 Å². The van der Waals surface area contributed by atoms with Crippen molar-refractivity contribution in [2.24, 2.45) is 5.10 Å². The van der Waals surface area contributed by atoms with E-state index in [2.05, 4.69) is 10.5 Å². The van der Waals surface area contributed by atoms with Crippen LogP contribution in [0.2, 0.25) is 0 Å². The fourth-order valence-corrected chi connectivity index (χ4v) is 2.71. The van der Waals surface area contributed by atoms with Crippen molar-refractivity contribution in [3.63, 3.8) is 0 Å². The highest BCUT2D eigenvalue weighted by Gasteiger charge is 2.13. The SMILES string of the molecule is CN(CC(=O)N/N=C/c1ccc(OCc2ccccc2)cc1)C(=O)OCc1ccccc1. The zero-order chi connectivity index (χ0) is 22.6. The van der Waals surface area contributed by atoms with Gasteiger partial charge in [0.25, 0.3) is 5.91 Å². The Balaban J connectivity index is 1.38. The van der Waals surface area contributed by atoms with Crippen LogP contribution in [0.5, 0.6) is 5.75 Å². The fourth-order valence-electron chi connectivity index (χ4n) is 2.71. The molecule has 0 bridgehead atoms. The van der Waals surface area contributed by atoms with Crippen LogP contribution in [0.1, 0.15) is 16.7 Å². The maximum Gasteiger partial charge on any atom is 0.410 e. The number of hydrogen-bond donors (Lipinski definition) is 1. The minimum atomic E-state index is -0.584. The van der Waals surface area contributed by atoms with Gasteiger partial charge in [0.05, 0.1) is 6.21 Å². The smallest absolute Gasteiger partial charge is 0.410 e. The molecule has 3 aromatic rings. The molecule has 3 aromatic carbocycles. The molecule has 1 N–H and O–H groups in total. The lowest BCUT2D eigenvalue weighted by Gasteiger charge is -2.15. The number of hydrogen-bond acceptors (Lipinski definition) is 5. The van der Waals surface area contributed by atoms with Crippen molar-refractivity contribution in [2.45, 2.75) is 13.2 Å². The Hall–Kier alpha value is -4.13. The highest BCUT2D eigenvalue weighted by molar-refractivity contribution is 5.84. The highest BCUT2D eigenvalue weighted by Crippen LogP contribution is 2.13. The number of carbonyl (C=O) groups is 2. The summed E-state index contributed by atoms with van der Waals surface area (Å²) in [6.07, 6.45) is 0.936. The molecule has 0 aliphatic rings. The van der Waals surface area contributed by atoms with Crippen molar-refractivity contribution in [1.29, 1.82) is 0 Å². The van der Waals surface area contributed by atoms with E-state index in [1.165, 1.54) is 18.2 Å². The average molecular weight is 431 g/mol. The van der Waals surface area contributed by atoms with Crippen LogP contribution in [0, 0.1) is 0 Å². The summed E-state index contributed by atoms with van der Waals surface area (Å²) in [5.41, 5.74) is 5.17. The Morgan fingerprint density at radius 3 is 2.09 bits per heavy atom. The van der Waals surface area contributed by atoms with Crippen LogP contribution in [0.3, 0.4) is 0 Å². The molecule has 0 spiro atoms. The van der Waals surface area contributed by atoms with E-state index in [1.54, 1.807) is 0 Å². The van der Waals surface area contributed by atoms with Gasteiger partial charge in [-0.2, -0.15) is 5.10 Å². The first kappa shape index (κ1) is 22.6. The standard InChI is InChI=1S/C25H25N3O4/c1-28(25(30)32-19-22-10-6-3-7-11-22)17-24(29)27-26-16-20-12-14-23(15-13-20)31-18-21-8-4-2-5-9-21/h2-16H,17-19H2,1H3,(H,27,29)/b26-16+. The minimum absolute atomic E-state index is 0.148. The van der Waals surface area contributed by atoms with Gasteiger partial charge in [0.1, 0.15) is 25.5 Å². The number of nitrogens with zero attached hydrogens (tertiary/aromatic N) is 2. The Morgan fingerprint density at radius 1 is 0.875 bits per heavy atom. The lowest BCUT2D eigenvalue weighted by atomic mass is 10.2. The molecule has 0 saturated heterocycles. The molecule has 0 aromatic heterocycles. The van der Waals surface area contributed by atoms with E-state index < -0.39 is 12.0 Å². The van der Waals surface area contributed by atoms with Gasteiger partial charge in [-0.3, -0.25) is 4.79 Å². The van der Waals surface area contributed by atoms with Gasteiger partial charge in [-0.1, -0.05) is 60.7 Å². The predicted molar refractivity (Wildman–Crippen MR) is 122 cm³/mol. The van der Waals surface area contributed by atoms with Gasteiger partial charge < -0.3 is 14.4 Å². The van der Waals surface area contributed by atoms with E-state index in [-0.39, 0.29) is 13.2 Å². The first-order chi connectivity index (χ1) is 15.6. The number of carbonyl (C=O) groups excluding carboxylic acids is 2. The summed E-state index contributed by atoms with van der Waals surface area (Å²) in [7, 11) is 1.49. The van der Waals surface area contributed by atoms with Gasteiger partial charge in [0.15, 0.2) is 0 Å². The number of rotatable bonds is 9. The van der Waals surface area contributed by atoms with Gasteiger partial charge in [0, 0.05) is 7.05 Å². The molecular formula is C25H25N3O4. The van der Waals surface area contributed by atoms with Gasteiger partial charge >= 0.3 is 6.09 Å². The Labute approximate surface area is 187 Å². The number of hydrazone groups is 1. The largest absolute Gasteiger partial charge is 0.489 e. The van der Waals surface area contributed by atoms with Crippen LogP contribution in [-0.4, -0.2) is 36.7 Å². The summed E-state index contributed by atoms with van der Waals surface area (Å²) < 4.78 is 10.9. The summed E-state index contributed by atoms with van der Waals surface area (Å²) >= 11 is 0. The predicted octanol–water partition coefficient (Wildman–Crippen LogP) is 3.98. The van der Waals surface area contributed by atoms with Crippen molar-refractivity contribution in [1.82, 2.24) is 10.3 Å². The van der Waals surface area contributed by atoms with E-state index in [1.807, 2.05) is 84.9 Å². The molecule has 0 radical (unpaired) electrons. The van der Waals surface area contributed by atoms with Crippen molar-refractivity contribution < 1.29 is 19.1 Å². The summed E-state index contributed by atoms with van der Waals surface area (Å²) in [5, 5.41) is 3.93. The van der Waals surface area contributed by atoms with Crippen LogP contribution in [0.25, 0.3) is 0 Å². The molecule has 164 valence electrons. The molecule has 0 atom stereocenters. The molecule has 0 unspecified atom stereocenters. The summed E-state index contributed by atoms with van der Waals surface area (Å²) in [4.78, 5) is 25.2. The monoisotopic (exact) mass is 431 g/mol. The first-order valence-electron chi connectivity index (χ1n) is 10.1. The maximum absolute atomic E-state index is 12.0. The van der Waals surface area contributed by atoms with Gasteiger partial charge in [-0.05, 0) is 41.0 Å². The maximum atomic E-state index is 12.0. The second kappa shape index (κ2) is 11.9. The fraction of sp³-hybridized carbons (Fsp3) is 0.160. The first-order valence-corrected chi connectivity index (χ1v) is 10.1. The highest BCUT2D eigenvalue weighted by atomic mass is 16.6. The van der Waals surface area contributed by atoms with E-state index in [0.29, 0.717) is 6.61 Å². The number of nitrogens with one attached hydrogen (secondary N) is 1. The normalized spacial score (nSPS) is 10.5. The van der Waals surface area contributed by atoms with Crippen molar-refractivity contribution in [3.8, 4) is 5.75 Å². The molecule has 3 rings (SSSR count). The van der Waals surface area contributed by atoms with Crippen molar-refractivity contribution in [2.75, 3.05) is 13.6 Å². The molecule has 2 amide bonds. The number of benzene rings is 3. The van der Waals surface area contributed by atoms with E-state index in [4.69, 9.17) is 9.47 Å². The van der Waals surface area contributed by atoms with E-state index in [9.17, 15) is 9.59 Å². The van der Waals surface area contributed by atoms with Crippen LogP contribution in [0.4, 0.5) is 4.79 Å². The second-order valence-corrected chi connectivity index (χ2v) is 7.03. The molecule has 7 nitrogen and oxygen atoms in total. The van der Waals surface area contributed by atoms with Crippen molar-refractivity contribution in [3.05, 3.63) is 102 Å². The third kappa shape index (κ3) is 7.60. The zero-order valence-electron chi connectivity index (χ0n) is 17.8. The second-order valence-electron chi connectivity index (χ2n) is 7.03. The summed E-state index contributed by atoms with van der Waals surface area (Å²) in [6, 6.07) is 26.6. The number of ether oxygens (including phenoxy) is 2. The number of amides is 2. The zero-order valence-corrected chi connectivity index (χ0v) is 17.8. The summed E-state index contributed by atoms with van der Waals surface area (Å²) in [5.74, 6) is 0.314. The molecule has 0 aliphatic carbocycles. The molecule has 0 fully saturated rings. The Bertz CT molecular complexity index is 1020. The Morgan fingerprint density at radius 2 is 1.47 bits per heavy atom. The molecule has 0 heterocycles. The lowest BCUT2D eigenvalue weighted by molar-refractivity contribution is -0.121. The topological polar surface area (TPSA) is 80.2 Å². The molecule has 32 heavy (non-hydrogen) atoms. The van der Waals surface area contributed by atoms with Gasteiger partial charge in [-0.25, -0.2) is 10.2 Å². The van der Waals surface area contributed by atoms with Gasteiger partial charge in [-0.15, -0.1) is 0 Å². The number of likely N-dealkylation sites (N-methyl/N-ethyl adjacent to an activating group) is 1. The van der Waals surface area contributed by atoms with Crippen LogP contribution in [0.15, 0.2) is 90.0 Å². The van der Waals surface area contributed by atoms with Crippen LogP contribution < -0.4 is 10.2 Å². The van der Waals surface area contributed by atoms with Crippen LogP contribution >= 0.6 is 0 Å². The average Bonchev–Trinajstić information content (AvgIpc) is 2.83. The third-order valence-electron chi connectivity index (χ3n) is 4.43. The van der Waals surface area contributed by atoms with Crippen molar-refractivity contribution >= 4 is 18.2 Å². The summed E-state index contributed by atoms with van der Waals surface area (Å²) in [6.45, 7) is 0.470. The quantitative estimate of drug-likeness (QED) is 0.410. The molecule has 0 aliphatic heterocycles. The lowest BCUT2D eigenvalue weighted by Crippen LogP contribution is -2.36. The molecular weight excluding hydrogens is 406 g/mol. The Kier molecular flexibility index (Phi) is 8.39. The third-order valence-corrected chi connectivity index (χ3v) is 4.43. The van der Waals surface area contributed by atoms with E-state index in [0.717, 1.165) is 22.4 Å². The van der Waals surface area contributed by atoms with Gasteiger partial charge in [0.2, 0.25) is 0 Å².